The van der Waals surface area contributed by atoms with E-state index in [0.717, 1.165) is 11.3 Å². The van der Waals surface area contributed by atoms with E-state index in [0.29, 0.717) is 15.8 Å². The summed E-state index contributed by atoms with van der Waals surface area (Å²) in [6, 6.07) is 7.53. The van der Waals surface area contributed by atoms with Gasteiger partial charge in [0.15, 0.2) is 0 Å². The largest absolute Gasteiger partial charge is 0.490 e. The van der Waals surface area contributed by atoms with Crippen molar-refractivity contribution < 1.29 is 9.53 Å². The Morgan fingerprint density at radius 3 is 2.63 bits per heavy atom. The first-order valence-corrected chi connectivity index (χ1v) is 6.89. The van der Waals surface area contributed by atoms with Gasteiger partial charge < -0.3 is 4.74 Å². The highest BCUT2D eigenvalue weighted by Gasteiger charge is 2.28. The lowest BCUT2D eigenvalue weighted by Crippen LogP contribution is -2.22. The summed E-state index contributed by atoms with van der Waals surface area (Å²) in [7, 11) is 1.69. The molecule has 0 saturated carbocycles. The maximum Gasteiger partial charge on any atom is 0.265 e. The number of benzene rings is 1. The van der Waals surface area contributed by atoms with E-state index in [4.69, 9.17) is 17.0 Å². The minimum Gasteiger partial charge on any atom is -0.490 e. The number of likely N-dealkylation sites (N-methyl/N-ethyl adjacent to an activating group) is 1. The molecular formula is C14H13NO2S2. The van der Waals surface area contributed by atoms with Gasteiger partial charge in [-0.25, -0.2) is 0 Å². The quantitative estimate of drug-likeness (QED) is 0.484. The lowest BCUT2D eigenvalue weighted by molar-refractivity contribution is -0.121. The van der Waals surface area contributed by atoms with E-state index in [2.05, 4.69) is 6.58 Å². The standard InChI is InChI=1S/C14H13NO2S2/c1-3-8-17-11-6-4-10(5-7-11)9-12-13(16)15(2)14(18)19-12/h3-7,9H,1,8H2,2H3. The summed E-state index contributed by atoms with van der Waals surface area (Å²) in [5.41, 5.74) is 0.944. The van der Waals surface area contributed by atoms with Crippen LogP contribution in [0.25, 0.3) is 6.08 Å². The zero-order chi connectivity index (χ0) is 13.8. The molecule has 19 heavy (non-hydrogen) atoms. The Balaban J connectivity index is 2.13. The van der Waals surface area contributed by atoms with Gasteiger partial charge in [0.05, 0.1) is 4.91 Å². The molecule has 0 bridgehead atoms. The first kappa shape index (κ1) is 13.8. The molecule has 1 fully saturated rings. The van der Waals surface area contributed by atoms with Crippen molar-refractivity contribution in [2.24, 2.45) is 0 Å². The van der Waals surface area contributed by atoms with Crippen LogP contribution in [0.2, 0.25) is 0 Å². The minimum absolute atomic E-state index is 0.0537. The summed E-state index contributed by atoms with van der Waals surface area (Å²) >= 11 is 6.40. The fourth-order valence-corrected chi connectivity index (χ4v) is 2.69. The number of amides is 1. The zero-order valence-electron chi connectivity index (χ0n) is 10.5. The van der Waals surface area contributed by atoms with Crippen LogP contribution in [-0.4, -0.2) is 28.8 Å². The fourth-order valence-electron chi connectivity index (χ4n) is 1.51. The van der Waals surface area contributed by atoms with Gasteiger partial charge in [0, 0.05) is 7.05 Å². The third-order valence-electron chi connectivity index (χ3n) is 2.53. The van der Waals surface area contributed by atoms with Gasteiger partial charge in [0.25, 0.3) is 5.91 Å². The summed E-state index contributed by atoms with van der Waals surface area (Å²) in [6.45, 7) is 4.07. The second-order valence-electron chi connectivity index (χ2n) is 3.91. The molecule has 1 heterocycles. The third-order valence-corrected chi connectivity index (χ3v) is 4.02. The van der Waals surface area contributed by atoms with Crippen molar-refractivity contribution in [2.45, 2.75) is 0 Å². The van der Waals surface area contributed by atoms with E-state index in [-0.39, 0.29) is 5.91 Å². The normalized spacial score (nSPS) is 17.1. The number of carbonyl (C=O) groups is 1. The van der Waals surface area contributed by atoms with Crippen LogP contribution in [0.1, 0.15) is 5.56 Å². The first-order valence-electron chi connectivity index (χ1n) is 5.67. The number of rotatable bonds is 4. The number of ether oxygens (including phenoxy) is 1. The molecule has 3 nitrogen and oxygen atoms in total. The van der Waals surface area contributed by atoms with Crippen LogP contribution in [0.5, 0.6) is 5.75 Å². The fraction of sp³-hybridized carbons (Fsp3) is 0.143. The Morgan fingerprint density at radius 2 is 2.11 bits per heavy atom. The molecule has 0 atom stereocenters. The highest BCUT2D eigenvalue weighted by Crippen LogP contribution is 2.31. The van der Waals surface area contributed by atoms with E-state index in [9.17, 15) is 4.79 Å². The topological polar surface area (TPSA) is 29.5 Å². The molecule has 1 aromatic carbocycles. The van der Waals surface area contributed by atoms with Crippen molar-refractivity contribution in [2.75, 3.05) is 13.7 Å². The smallest absolute Gasteiger partial charge is 0.265 e. The third kappa shape index (κ3) is 3.24. The van der Waals surface area contributed by atoms with Crippen LogP contribution in [-0.2, 0) is 4.79 Å². The Bertz CT molecular complexity index is 549. The number of hydrogen-bond donors (Lipinski definition) is 0. The summed E-state index contributed by atoms with van der Waals surface area (Å²) in [5.74, 6) is 0.724. The van der Waals surface area contributed by atoms with Gasteiger partial charge in [0.2, 0.25) is 0 Å². The molecule has 0 radical (unpaired) electrons. The highest BCUT2D eigenvalue weighted by atomic mass is 32.2. The second-order valence-corrected chi connectivity index (χ2v) is 5.59. The lowest BCUT2D eigenvalue weighted by Gasteiger charge is -2.04. The van der Waals surface area contributed by atoms with Crippen LogP contribution in [0, 0.1) is 0 Å². The van der Waals surface area contributed by atoms with Crippen LogP contribution in [0.15, 0.2) is 41.8 Å². The average molecular weight is 291 g/mol. The molecule has 0 aliphatic carbocycles. The van der Waals surface area contributed by atoms with Crippen molar-refractivity contribution in [3.63, 3.8) is 0 Å². The van der Waals surface area contributed by atoms with Crippen LogP contribution in [0.4, 0.5) is 0 Å². The summed E-state index contributed by atoms with van der Waals surface area (Å²) in [5, 5.41) is 0. The van der Waals surface area contributed by atoms with Crippen molar-refractivity contribution >= 4 is 40.3 Å². The molecule has 5 heteroatoms. The molecule has 0 unspecified atom stereocenters. The van der Waals surface area contributed by atoms with Crippen molar-refractivity contribution in [3.8, 4) is 5.75 Å². The summed E-state index contributed by atoms with van der Waals surface area (Å²) in [4.78, 5) is 14.0. The molecule has 0 aromatic heterocycles. The number of thioether (sulfide) groups is 1. The average Bonchev–Trinajstić information content (AvgIpc) is 2.66. The van der Waals surface area contributed by atoms with Gasteiger partial charge in [-0.2, -0.15) is 0 Å². The van der Waals surface area contributed by atoms with E-state index < -0.39 is 0 Å². The lowest BCUT2D eigenvalue weighted by atomic mass is 10.2. The second kappa shape index (κ2) is 6.04. The van der Waals surface area contributed by atoms with E-state index >= 15 is 0 Å². The molecule has 98 valence electrons. The van der Waals surface area contributed by atoms with Gasteiger partial charge >= 0.3 is 0 Å². The van der Waals surface area contributed by atoms with Gasteiger partial charge in [-0.15, -0.1) is 0 Å². The molecule has 1 aromatic rings. The van der Waals surface area contributed by atoms with Gasteiger partial charge in [-0.1, -0.05) is 48.8 Å². The summed E-state index contributed by atoms with van der Waals surface area (Å²) < 4.78 is 5.98. The Morgan fingerprint density at radius 1 is 1.42 bits per heavy atom. The Labute approximate surface area is 121 Å². The van der Waals surface area contributed by atoms with Crippen molar-refractivity contribution in [3.05, 3.63) is 47.4 Å². The molecule has 1 aliphatic rings. The molecule has 0 spiro atoms. The predicted octanol–water partition coefficient (Wildman–Crippen LogP) is 3.08. The van der Waals surface area contributed by atoms with Gasteiger partial charge in [-0.05, 0) is 23.8 Å². The molecular weight excluding hydrogens is 278 g/mol. The molecule has 1 saturated heterocycles. The number of hydrogen-bond acceptors (Lipinski definition) is 4. The maximum atomic E-state index is 11.8. The summed E-state index contributed by atoms with van der Waals surface area (Å²) in [6.07, 6.45) is 3.53. The van der Waals surface area contributed by atoms with Crippen LogP contribution >= 0.6 is 24.0 Å². The molecule has 2 rings (SSSR count). The number of thiocarbonyl (C=S) groups is 1. The molecule has 0 N–H and O–H groups in total. The van der Waals surface area contributed by atoms with Crippen molar-refractivity contribution in [1.82, 2.24) is 4.90 Å². The SMILES string of the molecule is C=CCOc1ccc(C=C2SC(=S)N(C)C2=O)cc1. The molecule has 1 aliphatic heterocycles. The van der Waals surface area contributed by atoms with E-state index in [1.54, 1.807) is 13.1 Å². The van der Waals surface area contributed by atoms with E-state index in [1.807, 2.05) is 30.3 Å². The van der Waals surface area contributed by atoms with E-state index in [1.165, 1.54) is 16.7 Å². The van der Waals surface area contributed by atoms with Gasteiger partial charge in [-0.3, -0.25) is 9.69 Å². The zero-order valence-corrected chi connectivity index (χ0v) is 12.1. The number of carbonyl (C=O) groups excluding carboxylic acids is 1. The van der Waals surface area contributed by atoms with Gasteiger partial charge in [0.1, 0.15) is 16.7 Å². The van der Waals surface area contributed by atoms with Crippen LogP contribution in [0.3, 0.4) is 0 Å². The van der Waals surface area contributed by atoms with Crippen LogP contribution < -0.4 is 4.74 Å². The monoisotopic (exact) mass is 291 g/mol. The Kier molecular flexibility index (Phi) is 4.39. The van der Waals surface area contributed by atoms with Crippen molar-refractivity contribution in [1.29, 1.82) is 0 Å². The molecule has 1 amide bonds. The maximum absolute atomic E-state index is 11.8. The minimum atomic E-state index is -0.0537. The first-order chi connectivity index (χ1) is 9.11. The highest BCUT2D eigenvalue weighted by molar-refractivity contribution is 8.26. The number of nitrogens with zero attached hydrogens (tertiary/aromatic N) is 1. The predicted molar refractivity (Wildman–Crippen MR) is 83.1 cm³/mol. The Hall–Kier alpha value is -1.59.